The zero-order chi connectivity index (χ0) is 30.3. The number of thioether (sulfide) groups is 1. The van der Waals surface area contributed by atoms with E-state index in [1.54, 1.807) is 7.11 Å². The monoisotopic (exact) mass is 592 g/mol. The molecule has 1 atom stereocenters. The van der Waals surface area contributed by atoms with Crippen LogP contribution in [0, 0.1) is 6.92 Å². The minimum Gasteiger partial charge on any atom is -0.497 e. The van der Waals surface area contributed by atoms with Gasteiger partial charge in [-0.05, 0) is 129 Å². The van der Waals surface area contributed by atoms with Crippen molar-refractivity contribution in [2.45, 2.75) is 58.9 Å². The molecule has 0 aliphatic carbocycles. The van der Waals surface area contributed by atoms with Crippen molar-refractivity contribution in [3.63, 3.8) is 0 Å². The fourth-order valence-electron chi connectivity index (χ4n) is 6.67. The number of para-hydroxylation sites is 1. The number of nitrogens with zero attached hydrogens (tertiary/aromatic N) is 3. The van der Waals surface area contributed by atoms with Gasteiger partial charge in [0.25, 0.3) is 5.91 Å². The number of anilines is 1. The number of aliphatic imine (C=N–C) groups is 1. The van der Waals surface area contributed by atoms with Gasteiger partial charge < -0.3 is 14.6 Å². The van der Waals surface area contributed by atoms with Gasteiger partial charge >= 0.3 is 0 Å². The van der Waals surface area contributed by atoms with Gasteiger partial charge in [0.15, 0.2) is 5.17 Å². The molecule has 3 heterocycles. The smallest absolute Gasteiger partial charge is 0.266 e. The second kappa shape index (κ2) is 11.6. The number of aryl methyl sites for hydroxylation is 1. The molecule has 6 nitrogen and oxygen atoms in total. The summed E-state index contributed by atoms with van der Waals surface area (Å²) in [6.07, 6.45) is 5.94. The van der Waals surface area contributed by atoms with Crippen LogP contribution in [0.1, 0.15) is 62.3 Å². The van der Waals surface area contributed by atoms with Gasteiger partial charge in [0.2, 0.25) is 0 Å². The number of carbonyl (C=O) groups is 1. The number of amides is 1. The SMILES string of the molecule is CCN1c2cc(C)c(/C=C3/SC(=Nc4ccc(OC)cc4)N(CCc4c[nH]c5ccccc45)C3=O)cc2C(C)CC1(C)C. The molecule has 222 valence electrons. The number of H-pyrrole nitrogens is 1. The first kappa shape index (κ1) is 29.1. The normalized spacial score (nSPS) is 20.0. The van der Waals surface area contributed by atoms with E-state index in [1.807, 2.05) is 41.4 Å². The standard InChI is InChI=1S/C36H40N4O2S/c1-7-40-32-18-23(2)26(19-30(32)24(3)21-36(40,4)5)20-33-34(41)39(17-16-25-22-37-31-11-9-8-10-29(25)31)35(43-33)38-27-12-14-28(42-6)15-13-27/h8-15,18-20,22,24,37H,7,16-17,21H2,1-6H3/b33-20+,38-35?. The van der Waals surface area contributed by atoms with Crippen LogP contribution in [0.3, 0.4) is 0 Å². The Morgan fingerprint density at radius 1 is 1.14 bits per heavy atom. The third-order valence-electron chi connectivity index (χ3n) is 8.84. The van der Waals surface area contributed by atoms with Gasteiger partial charge in [0.05, 0.1) is 17.7 Å². The molecule has 4 aromatic rings. The van der Waals surface area contributed by atoms with Crippen molar-refractivity contribution in [2.24, 2.45) is 4.99 Å². The van der Waals surface area contributed by atoms with Crippen molar-refractivity contribution in [1.29, 1.82) is 0 Å². The molecular weight excluding hydrogens is 552 g/mol. The lowest BCUT2D eigenvalue weighted by Crippen LogP contribution is -2.48. The second-order valence-electron chi connectivity index (χ2n) is 12.2. The number of hydrogen-bond acceptors (Lipinski definition) is 5. The van der Waals surface area contributed by atoms with Crippen LogP contribution >= 0.6 is 11.8 Å². The van der Waals surface area contributed by atoms with E-state index in [0.717, 1.165) is 41.9 Å². The number of hydrogen-bond donors (Lipinski definition) is 1. The van der Waals surface area contributed by atoms with Crippen molar-refractivity contribution in [3.05, 3.63) is 94.0 Å². The molecule has 1 unspecified atom stereocenters. The number of nitrogens with one attached hydrogen (secondary N) is 1. The van der Waals surface area contributed by atoms with Crippen molar-refractivity contribution < 1.29 is 9.53 Å². The molecule has 1 fully saturated rings. The third kappa shape index (κ3) is 5.58. The van der Waals surface area contributed by atoms with Crippen LogP contribution in [-0.2, 0) is 11.2 Å². The van der Waals surface area contributed by atoms with Gasteiger partial charge in [0.1, 0.15) is 5.75 Å². The first-order valence-corrected chi connectivity index (χ1v) is 15.9. The molecule has 1 amide bonds. The average molecular weight is 593 g/mol. The fourth-order valence-corrected chi connectivity index (χ4v) is 7.69. The Kier molecular flexibility index (Phi) is 7.86. The first-order valence-electron chi connectivity index (χ1n) is 15.1. The van der Waals surface area contributed by atoms with Crippen LogP contribution in [0.2, 0.25) is 0 Å². The Hall–Kier alpha value is -3.97. The van der Waals surface area contributed by atoms with Gasteiger partial charge in [-0.15, -0.1) is 0 Å². The Bertz CT molecular complexity index is 1730. The van der Waals surface area contributed by atoms with E-state index in [1.165, 1.54) is 39.5 Å². The predicted molar refractivity (Wildman–Crippen MR) is 181 cm³/mol. The molecule has 0 saturated carbocycles. The number of ether oxygens (including phenoxy) is 1. The molecule has 7 heteroatoms. The average Bonchev–Trinajstić information content (AvgIpc) is 3.52. The van der Waals surface area contributed by atoms with Gasteiger partial charge in [-0.2, -0.15) is 0 Å². The summed E-state index contributed by atoms with van der Waals surface area (Å²) in [7, 11) is 1.65. The van der Waals surface area contributed by atoms with Gasteiger partial charge in [-0.1, -0.05) is 25.1 Å². The van der Waals surface area contributed by atoms with Crippen LogP contribution in [0.4, 0.5) is 11.4 Å². The van der Waals surface area contributed by atoms with Crippen molar-refractivity contribution in [3.8, 4) is 5.75 Å². The maximum absolute atomic E-state index is 14.0. The highest BCUT2D eigenvalue weighted by Gasteiger charge is 2.37. The van der Waals surface area contributed by atoms with Crippen molar-refractivity contribution in [1.82, 2.24) is 9.88 Å². The lowest BCUT2D eigenvalue weighted by molar-refractivity contribution is -0.122. The number of aromatic amines is 1. The highest BCUT2D eigenvalue weighted by molar-refractivity contribution is 8.18. The second-order valence-corrected chi connectivity index (χ2v) is 13.2. The van der Waals surface area contributed by atoms with E-state index >= 15 is 0 Å². The largest absolute Gasteiger partial charge is 0.497 e. The molecule has 0 bridgehead atoms. The lowest BCUT2D eigenvalue weighted by Gasteiger charge is -2.47. The van der Waals surface area contributed by atoms with Crippen LogP contribution in [-0.4, -0.2) is 46.7 Å². The molecule has 43 heavy (non-hydrogen) atoms. The predicted octanol–water partition coefficient (Wildman–Crippen LogP) is 8.44. The summed E-state index contributed by atoms with van der Waals surface area (Å²) in [5.74, 6) is 1.22. The lowest BCUT2D eigenvalue weighted by atomic mass is 9.79. The quantitative estimate of drug-likeness (QED) is 0.219. The summed E-state index contributed by atoms with van der Waals surface area (Å²) in [5, 5.41) is 1.89. The molecule has 1 saturated heterocycles. The molecule has 6 rings (SSSR count). The maximum Gasteiger partial charge on any atom is 0.266 e. The zero-order valence-corrected chi connectivity index (χ0v) is 26.7. The number of benzene rings is 3. The van der Waals surface area contributed by atoms with Crippen molar-refractivity contribution in [2.75, 3.05) is 25.1 Å². The van der Waals surface area contributed by atoms with Crippen LogP contribution in [0.25, 0.3) is 17.0 Å². The Morgan fingerprint density at radius 3 is 2.65 bits per heavy atom. The Balaban J connectivity index is 1.35. The molecule has 0 spiro atoms. The van der Waals surface area contributed by atoms with Crippen molar-refractivity contribution >= 4 is 51.2 Å². The number of methoxy groups -OCH3 is 1. The molecule has 0 radical (unpaired) electrons. The van der Waals surface area contributed by atoms with E-state index in [-0.39, 0.29) is 11.4 Å². The minimum atomic E-state index is -0.00131. The highest BCUT2D eigenvalue weighted by atomic mass is 32.2. The van der Waals surface area contributed by atoms with Gasteiger partial charge in [-0.25, -0.2) is 4.99 Å². The number of rotatable bonds is 7. The zero-order valence-electron chi connectivity index (χ0n) is 25.9. The first-order chi connectivity index (χ1) is 20.7. The van der Waals surface area contributed by atoms with Gasteiger partial charge in [-0.3, -0.25) is 9.69 Å². The summed E-state index contributed by atoms with van der Waals surface area (Å²) < 4.78 is 5.33. The van der Waals surface area contributed by atoms with E-state index in [4.69, 9.17) is 9.73 Å². The summed E-state index contributed by atoms with van der Waals surface area (Å²) in [6.45, 7) is 12.9. The van der Waals surface area contributed by atoms with E-state index in [9.17, 15) is 4.79 Å². The number of carbonyl (C=O) groups excluding carboxylic acids is 1. The molecule has 1 aromatic heterocycles. The molecule has 2 aliphatic rings. The van der Waals surface area contributed by atoms with Gasteiger partial charge in [0, 0.05) is 41.4 Å². The van der Waals surface area contributed by atoms with E-state index < -0.39 is 0 Å². The molecule has 1 N–H and O–H groups in total. The van der Waals surface area contributed by atoms with Crippen LogP contribution in [0.5, 0.6) is 5.75 Å². The number of aromatic nitrogens is 1. The Morgan fingerprint density at radius 2 is 1.91 bits per heavy atom. The summed E-state index contributed by atoms with van der Waals surface area (Å²) in [5.41, 5.74) is 8.15. The summed E-state index contributed by atoms with van der Waals surface area (Å²) >= 11 is 1.46. The third-order valence-corrected chi connectivity index (χ3v) is 9.85. The summed E-state index contributed by atoms with van der Waals surface area (Å²) in [4.78, 5) is 27.4. The minimum absolute atomic E-state index is 0.00131. The topological polar surface area (TPSA) is 60.9 Å². The highest BCUT2D eigenvalue weighted by Crippen LogP contribution is 2.45. The number of amidine groups is 1. The maximum atomic E-state index is 14.0. The molecule has 2 aliphatic heterocycles. The summed E-state index contributed by atoms with van der Waals surface area (Å²) in [6, 6.07) is 20.5. The fraction of sp³-hybridized carbons (Fsp3) is 0.333. The van der Waals surface area contributed by atoms with E-state index in [2.05, 4.69) is 80.9 Å². The number of fused-ring (bicyclic) bond motifs is 2. The van der Waals surface area contributed by atoms with Crippen LogP contribution in [0.15, 0.2) is 76.8 Å². The molecule has 3 aromatic carbocycles. The molecular formula is C36H40N4O2S. The van der Waals surface area contributed by atoms with E-state index in [0.29, 0.717) is 22.5 Å². The van der Waals surface area contributed by atoms with Crippen LogP contribution < -0.4 is 9.64 Å². The Labute approximate surface area is 258 Å².